The van der Waals surface area contributed by atoms with Crippen LogP contribution in [0.1, 0.15) is 28.4 Å². The average Bonchev–Trinajstić information content (AvgIpc) is 3.25. The minimum atomic E-state index is -0.515. The Morgan fingerprint density at radius 3 is 2.51 bits per heavy atom. The summed E-state index contributed by atoms with van der Waals surface area (Å²) in [6.07, 6.45) is 0. The van der Waals surface area contributed by atoms with E-state index < -0.39 is 11.9 Å². The number of para-hydroxylation sites is 1. The predicted octanol–water partition coefficient (Wildman–Crippen LogP) is 5.17. The van der Waals surface area contributed by atoms with Crippen molar-refractivity contribution in [3.05, 3.63) is 81.0 Å². The Bertz CT molecular complexity index is 1470. The van der Waals surface area contributed by atoms with Crippen LogP contribution in [0.15, 0.2) is 58.7 Å². The molecule has 0 atom stereocenters. The van der Waals surface area contributed by atoms with E-state index in [1.165, 1.54) is 29.1 Å². The maximum absolute atomic E-state index is 13.1. The molecule has 2 heterocycles. The van der Waals surface area contributed by atoms with Crippen LogP contribution in [0.5, 0.6) is 5.75 Å². The van der Waals surface area contributed by atoms with Crippen molar-refractivity contribution < 1.29 is 19.1 Å². The molecule has 0 unspecified atom stereocenters. The van der Waals surface area contributed by atoms with Gasteiger partial charge in [0.25, 0.3) is 5.56 Å². The number of hydrogen-bond donors (Lipinski definition) is 1. The minimum Gasteiger partial charge on any atom is -0.495 e. The lowest BCUT2D eigenvalue weighted by Gasteiger charge is -2.15. The van der Waals surface area contributed by atoms with Crippen LogP contribution in [-0.2, 0) is 16.1 Å². The van der Waals surface area contributed by atoms with E-state index in [9.17, 15) is 14.4 Å². The van der Waals surface area contributed by atoms with E-state index in [1.54, 1.807) is 13.0 Å². The molecule has 180 valence electrons. The summed E-state index contributed by atoms with van der Waals surface area (Å²) >= 11 is 1.24. The van der Waals surface area contributed by atoms with Gasteiger partial charge in [0.2, 0.25) is 5.91 Å². The molecule has 2 aromatic carbocycles. The highest BCUT2D eigenvalue weighted by Crippen LogP contribution is 2.36. The van der Waals surface area contributed by atoms with Crippen LogP contribution >= 0.6 is 11.3 Å². The van der Waals surface area contributed by atoms with E-state index >= 15 is 0 Å². The quantitative estimate of drug-likeness (QED) is 0.361. The number of carbonyl (C=O) groups excluding carboxylic acids is 2. The Hall–Kier alpha value is -3.91. The van der Waals surface area contributed by atoms with Crippen LogP contribution in [-0.4, -0.2) is 30.2 Å². The summed E-state index contributed by atoms with van der Waals surface area (Å²) in [5.41, 5.74) is 3.96. The molecule has 2 aromatic heterocycles. The normalized spacial score (nSPS) is 10.9. The fraction of sp³-hybridized carbons (Fsp3) is 0.222. The number of methoxy groups -OCH3 is 1. The summed E-state index contributed by atoms with van der Waals surface area (Å²) in [7, 11) is 1.52. The zero-order chi connectivity index (χ0) is 25.1. The molecule has 4 rings (SSSR count). The highest BCUT2D eigenvalue weighted by molar-refractivity contribution is 7.15. The van der Waals surface area contributed by atoms with Crippen molar-refractivity contribution in [2.45, 2.75) is 27.3 Å². The number of fused-ring (bicyclic) bond motifs is 1. The van der Waals surface area contributed by atoms with Gasteiger partial charge in [0.15, 0.2) is 0 Å². The molecule has 4 aromatic rings. The number of ether oxygens (including phenoxy) is 2. The molecule has 35 heavy (non-hydrogen) atoms. The largest absolute Gasteiger partial charge is 0.495 e. The molecular formula is C27H26N2O5S. The first-order chi connectivity index (χ1) is 16.8. The van der Waals surface area contributed by atoms with Crippen LogP contribution in [0.25, 0.3) is 22.0 Å². The van der Waals surface area contributed by atoms with E-state index in [-0.39, 0.29) is 18.7 Å². The molecule has 0 bridgehead atoms. The van der Waals surface area contributed by atoms with Crippen molar-refractivity contribution in [2.24, 2.45) is 0 Å². The third-order valence-electron chi connectivity index (χ3n) is 5.71. The minimum absolute atomic E-state index is 0.208. The van der Waals surface area contributed by atoms with Gasteiger partial charge in [-0.2, -0.15) is 0 Å². The lowest BCUT2D eigenvalue weighted by atomic mass is 10.0. The lowest BCUT2D eigenvalue weighted by Crippen LogP contribution is -2.28. The van der Waals surface area contributed by atoms with Crippen LogP contribution < -0.4 is 15.6 Å². The van der Waals surface area contributed by atoms with Crippen molar-refractivity contribution in [1.29, 1.82) is 0 Å². The van der Waals surface area contributed by atoms with Crippen LogP contribution in [0.3, 0.4) is 0 Å². The second kappa shape index (κ2) is 10.1. The first kappa shape index (κ1) is 24.2. The van der Waals surface area contributed by atoms with Crippen molar-refractivity contribution in [1.82, 2.24) is 4.57 Å². The van der Waals surface area contributed by atoms with Crippen LogP contribution in [0.4, 0.5) is 5.00 Å². The van der Waals surface area contributed by atoms with Crippen molar-refractivity contribution in [3.63, 3.8) is 0 Å². The van der Waals surface area contributed by atoms with Gasteiger partial charge in [-0.05, 0) is 38.0 Å². The summed E-state index contributed by atoms with van der Waals surface area (Å²) < 4.78 is 12.1. The van der Waals surface area contributed by atoms with Crippen molar-refractivity contribution in [3.8, 4) is 16.9 Å². The third kappa shape index (κ3) is 4.83. The summed E-state index contributed by atoms with van der Waals surface area (Å²) in [5.74, 6) is -0.452. The Balaban J connectivity index is 1.71. The van der Waals surface area contributed by atoms with Gasteiger partial charge in [-0.3, -0.25) is 14.2 Å². The molecular weight excluding hydrogens is 464 g/mol. The molecule has 0 aliphatic rings. The molecule has 7 nitrogen and oxygen atoms in total. The van der Waals surface area contributed by atoms with Gasteiger partial charge in [-0.1, -0.05) is 42.0 Å². The molecule has 1 amide bonds. The van der Waals surface area contributed by atoms with Gasteiger partial charge >= 0.3 is 5.97 Å². The fourth-order valence-electron chi connectivity index (χ4n) is 4.00. The second-order valence-electron chi connectivity index (χ2n) is 8.10. The number of pyridine rings is 1. The Morgan fingerprint density at radius 2 is 1.83 bits per heavy atom. The maximum atomic E-state index is 13.1. The summed E-state index contributed by atoms with van der Waals surface area (Å²) in [6.45, 7) is 5.53. The summed E-state index contributed by atoms with van der Waals surface area (Å²) in [5, 5.41) is 5.84. The zero-order valence-corrected chi connectivity index (χ0v) is 20.8. The van der Waals surface area contributed by atoms with E-state index in [4.69, 9.17) is 9.47 Å². The number of rotatable bonds is 7. The van der Waals surface area contributed by atoms with E-state index in [0.717, 1.165) is 22.1 Å². The number of nitrogens with one attached hydrogen (secondary N) is 1. The molecule has 0 saturated heterocycles. The molecule has 0 saturated carbocycles. The second-order valence-corrected chi connectivity index (χ2v) is 8.98. The van der Waals surface area contributed by atoms with Gasteiger partial charge < -0.3 is 14.8 Å². The zero-order valence-electron chi connectivity index (χ0n) is 20.0. The van der Waals surface area contributed by atoms with Gasteiger partial charge in [0.05, 0.1) is 19.2 Å². The first-order valence-electron chi connectivity index (χ1n) is 11.2. The smallest absolute Gasteiger partial charge is 0.341 e. The molecule has 0 radical (unpaired) electrons. The highest BCUT2D eigenvalue weighted by atomic mass is 32.1. The van der Waals surface area contributed by atoms with E-state index in [1.807, 2.05) is 55.6 Å². The summed E-state index contributed by atoms with van der Waals surface area (Å²) in [6, 6.07) is 14.7. The number of amides is 1. The average molecular weight is 491 g/mol. The van der Waals surface area contributed by atoms with E-state index in [2.05, 4.69) is 5.32 Å². The molecule has 0 aliphatic carbocycles. The predicted molar refractivity (Wildman–Crippen MR) is 139 cm³/mol. The number of carbonyl (C=O) groups is 2. The number of aromatic nitrogens is 1. The number of benzene rings is 2. The number of anilines is 1. The molecule has 0 aliphatic heterocycles. The van der Waals surface area contributed by atoms with E-state index in [0.29, 0.717) is 27.4 Å². The van der Waals surface area contributed by atoms with Crippen molar-refractivity contribution >= 4 is 39.1 Å². The molecule has 1 N–H and O–H groups in total. The van der Waals surface area contributed by atoms with Crippen molar-refractivity contribution in [2.75, 3.05) is 19.0 Å². The SMILES string of the molecule is CCOC(=O)c1c(-c2ccc(C)cc2)csc1NC(=O)Cn1c(=O)cc(C)c2cccc(OC)c21. The summed E-state index contributed by atoms with van der Waals surface area (Å²) in [4.78, 5) is 38.8. The third-order valence-corrected chi connectivity index (χ3v) is 6.60. The van der Waals surface area contributed by atoms with Gasteiger partial charge in [-0.15, -0.1) is 11.3 Å². The highest BCUT2D eigenvalue weighted by Gasteiger charge is 2.23. The van der Waals surface area contributed by atoms with Crippen LogP contribution in [0.2, 0.25) is 0 Å². The Kier molecular flexibility index (Phi) is 7.02. The topological polar surface area (TPSA) is 86.6 Å². The van der Waals surface area contributed by atoms with Gasteiger partial charge in [0.1, 0.15) is 22.9 Å². The lowest BCUT2D eigenvalue weighted by molar-refractivity contribution is -0.116. The first-order valence-corrected chi connectivity index (χ1v) is 12.0. The van der Waals surface area contributed by atoms with Crippen LogP contribution in [0, 0.1) is 13.8 Å². The number of nitrogens with zero attached hydrogens (tertiary/aromatic N) is 1. The Morgan fingerprint density at radius 1 is 1.09 bits per heavy atom. The number of aryl methyl sites for hydroxylation is 2. The van der Waals surface area contributed by atoms with Gasteiger partial charge in [0, 0.05) is 22.4 Å². The maximum Gasteiger partial charge on any atom is 0.341 e. The van der Waals surface area contributed by atoms with Gasteiger partial charge in [-0.25, -0.2) is 4.79 Å². The molecule has 8 heteroatoms. The monoisotopic (exact) mass is 490 g/mol. The Labute approximate surface area is 206 Å². The molecule has 0 spiro atoms. The molecule has 0 fully saturated rings. The standard InChI is InChI=1S/C27H26N2O5S/c1-5-34-27(32)24-20(18-11-9-16(2)10-12-18)15-35-26(24)28-22(30)14-29-23(31)13-17(3)19-7-6-8-21(33-4)25(19)29/h6-13,15H,5,14H2,1-4H3,(H,28,30). The number of hydrogen-bond acceptors (Lipinski definition) is 6. The number of esters is 1. The number of thiophene rings is 1. The fourth-order valence-corrected chi connectivity index (χ4v) is 4.98.